The third-order valence-electron chi connectivity index (χ3n) is 4.46. The Bertz CT molecular complexity index is 673. The van der Waals surface area contributed by atoms with Crippen molar-refractivity contribution in [2.24, 2.45) is 12.0 Å². The van der Waals surface area contributed by atoms with E-state index in [9.17, 15) is 0 Å². The zero-order chi connectivity index (χ0) is 18.1. The van der Waals surface area contributed by atoms with Crippen LogP contribution in [0.4, 0.5) is 0 Å². The molecule has 25 heavy (non-hydrogen) atoms. The average molecular weight is 342 g/mol. The molecule has 0 saturated carbocycles. The number of guanidine groups is 1. The van der Waals surface area contributed by atoms with Crippen LogP contribution in [0.1, 0.15) is 42.8 Å². The third-order valence-corrected chi connectivity index (χ3v) is 4.46. The Hall–Kier alpha value is -2.30. The minimum atomic E-state index is 0.762. The van der Waals surface area contributed by atoms with Crippen LogP contribution in [0.25, 0.3) is 0 Å². The van der Waals surface area contributed by atoms with Gasteiger partial charge in [-0.15, -0.1) is 0 Å². The van der Waals surface area contributed by atoms with Crippen molar-refractivity contribution in [1.82, 2.24) is 20.4 Å². The standard InChI is InChI=1S/C20H31N5/c1-5-18-17(19(6-2)25(4)24-18)15-23-20(21-3)22-14-10-13-16-11-8-7-9-12-16/h7-9,11-12H,5-6,10,13-15H2,1-4H3,(H2,21,22,23). The summed E-state index contributed by atoms with van der Waals surface area (Å²) in [5.74, 6) is 0.848. The van der Waals surface area contributed by atoms with Gasteiger partial charge in [-0.1, -0.05) is 44.2 Å². The molecule has 0 radical (unpaired) electrons. The lowest BCUT2D eigenvalue weighted by molar-refractivity contribution is 0.701. The van der Waals surface area contributed by atoms with E-state index < -0.39 is 0 Å². The van der Waals surface area contributed by atoms with Crippen LogP contribution in [0, 0.1) is 0 Å². The molecule has 2 aromatic rings. The molecule has 1 aromatic heterocycles. The number of nitrogens with one attached hydrogen (secondary N) is 2. The van der Waals surface area contributed by atoms with Crippen molar-refractivity contribution < 1.29 is 0 Å². The molecular formula is C20H31N5. The summed E-state index contributed by atoms with van der Waals surface area (Å²) >= 11 is 0. The van der Waals surface area contributed by atoms with Crippen molar-refractivity contribution in [1.29, 1.82) is 0 Å². The van der Waals surface area contributed by atoms with Gasteiger partial charge in [0.05, 0.1) is 5.69 Å². The molecular weight excluding hydrogens is 310 g/mol. The fraction of sp³-hybridized carbons (Fsp3) is 0.500. The van der Waals surface area contributed by atoms with Crippen molar-refractivity contribution in [2.75, 3.05) is 13.6 Å². The van der Waals surface area contributed by atoms with Gasteiger partial charge in [0.2, 0.25) is 0 Å². The van der Waals surface area contributed by atoms with Gasteiger partial charge in [0.1, 0.15) is 0 Å². The van der Waals surface area contributed by atoms with Crippen LogP contribution >= 0.6 is 0 Å². The lowest BCUT2D eigenvalue weighted by atomic mass is 10.1. The number of aryl methyl sites for hydroxylation is 3. The lowest BCUT2D eigenvalue weighted by Crippen LogP contribution is -2.37. The van der Waals surface area contributed by atoms with Crippen molar-refractivity contribution in [2.45, 2.75) is 46.1 Å². The molecule has 1 aromatic carbocycles. The maximum Gasteiger partial charge on any atom is 0.191 e. The first kappa shape index (κ1) is 19.0. The predicted molar refractivity (Wildman–Crippen MR) is 105 cm³/mol. The van der Waals surface area contributed by atoms with Crippen LogP contribution in [0.5, 0.6) is 0 Å². The highest BCUT2D eigenvalue weighted by Gasteiger charge is 2.13. The molecule has 0 fully saturated rings. The van der Waals surface area contributed by atoms with E-state index in [0.29, 0.717) is 0 Å². The normalized spacial score (nSPS) is 11.6. The topological polar surface area (TPSA) is 54.2 Å². The molecule has 136 valence electrons. The second-order valence-electron chi connectivity index (χ2n) is 6.14. The molecule has 0 atom stereocenters. The van der Waals surface area contributed by atoms with Crippen LogP contribution in [-0.2, 0) is 32.9 Å². The Morgan fingerprint density at radius 3 is 2.52 bits per heavy atom. The summed E-state index contributed by atoms with van der Waals surface area (Å²) in [6.45, 7) is 6.00. The highest BCUT2D eigenvalue weighted by atomic mass is 15.3. The number of aliphatic imine (C=N–C) groups is 1. The summed E-state index contributed by atoms with van der Waals surface area (Å²) in [6.07, 6.45) is 4.10. The Morgan fingerprint density at radius 1 is 1.12 bits per heavy atom. The van der Waals surface area contributed by atoms with Crippen LogP contribution < -0.4 is 10.6 Å². The largest absolute Gasteiger partial charge is 0.356 e. The summed E-state index contributed by atoms with van der Waals surface area (Å²) in [5.41, 5.74) is 5.15. The van der Waals surface area contributed by atoms with Crippen LogP contribution in [0.15, 0.2) is 35.3 Å². The van der Waals surface area contributed by atoms with E-state index in [1.165, 1.54) is 22.5 Å². The summed E-state index contributed by atoms with van der Waals surface area (Å²) in [6, 6.07) is 10.6. The number of benzene rings is 1. The van der Waals surface area contributed by atoms with Crippen LogP contribution in [-0.4, -0.2) is 29.3 Å². The molecule has 0 amide bonds. The summed E-state index contributed by atoms with van der Waals surface area (Å²) in [7, 11) is 3.84. The molecule has 2 N–H and O–H groups in total. The van der Waals surface area contributed by atoms with Gasteiger partial charge in [-0.25, -0.2) is 0 Å². The Kier molecular flexibility index (Phi) is 7.51. The molecule has 0 saturated heterocycles. The minimum absolute atomic E-state index is 0.762. The highest BCUT2D eigenvalue weighted by molar-refractivity contribution is 5.79. The molecule has 5 heteroatoms. The molecule has 5 nitrogen and oxygen atoms in total. The second-order valence-corrected chi connectivity index (χ2v) is 6.14. The summed E-state index contributed by atoms with van der Waals surface area (Å²) in [4.78, 5) is 4.33. The van der Waals surface area contributed by atoms with E-state index in [1.807, 2.05) is 18.8 Å². The van der Waals surface area contributed by atoms with E-state index in [1.54, 1.807) is 0 Å². The maximum absolute atomic E-state index is 4.63. The van der Waals surface area contributed by atoms with Crippen molar-refractivity contribution in [3.63, 3.8) is 0 Å². The van der Waals surface area contributed by atoms with Crippen molar-refractivity contribution >= 4 is 5.96 Å². The van der Waals surface area contributed by atoms with Gasteiger partial charge in [-0.05, 0) is 31.2 Å². The number of nitrogens with zero attached hydrogens (tertiary/aromatic N) is 3. The van der Waals surface area contributed by atoms with Crippen molar-refractivity contribution in [3.05, 3.63) is 52.8 Å². The molecule has 0 unspecified atom stereocenters. The fourth-order valence-electron chi connectivity index (χ4n) is 3.13. The zero-order valence-corrected chi connectivity index (χ0v) is 16.0. The zero-order valence-electron chi connectivity index (χ0n) is 16.0. The van der Waals surface area contributed by atoms with Gasteiger partial charge in [-0.3, -0.25) is 9.67 Å². The van der Waals surface area contributed by atoms with E-state index in [0.717, 1.165) is 44.7 Å². The van der Waals surface area contributed by atoms with E-state index in [4.69, 9.17) is 0 Å². The number of hydrogen-bond donors (Lipinski definition) is 2. The number of aromatic nitrogens is 2. The Morgan fingerprint density at radius 2 is 1.88 bits per heavy atom. The monoisotopic (exact) mass is 341 g/mol. The van der Waals surface area contributed by atoms with Gasteiger partial charge >= 0.3 is 0 Å². The molecule has 1 heterocycles. The minimum Gasteiger partial charge on any atom is -0.356 e. The Labute approximate surface area is 151 Å². The molecule has 0 aliphatic carbocycles. The molecule has 0 aliphatic rings. The first-order valence-electron chi connectivity index (χ1n) is 9.21. The first-order valence-corrected chi connectivity index (χ1v) is 9.21. The average Bonchev–Trinajstić information content (AvgIpc) is 2.96. The number of hydrogen-bond acceptors (Lipinski definition) is 2. The number of rotatable bonds is 8. The van der Waals surface area contributed by atoms with Crippen LogP contribution in [0.3, 0.4) is 0 Å². The van der Waals surface area contributed by atoms with E-state index in [2.05, 4.69) is 64.9 Å². The molecule has 0 bridgehead atoms. The molecule has 0 aliphatic heterocycles. The smallest absolute Gasteiger partial charge is 0.191 e. The quantitative estimate of drug-likeness (QED) is 0.441. The van der Waals surface area contributed by atoms with Crippen LogP contribution in [0.2, 0.25) is 0 Å². The van der Waals surface area contributed by atoms with Gasteiger partial charge < -0.3 is 10.6 Å². The summed E-state index contributed by atoms with van der Waals surface area (Å²) in [5, 5.41) is 11.5. The van der Waals surface area contributed by atoms with Gasteiger partial charge in [-0.2, -0.15) is 5.10 Å². The van der Waals surface area contributed by atoms with E-state index in [-0.39, 0.29) is 0 Å². The van der Waals surface area contributed by atoms with Gasteiger partial charge in [0.25, 0.3) is 0 Å². The first-order chi connectivity index (χ1) is 12.2. The van der Waals surface area contributed by atoms with Gasteiger partial charge in [0, 0.05) is 38.4 Å². The second kappa shape index (κ2) is 9.87. The highest BCUT2D eigenvalue weighted by Crippen LogP contribution is 2.15. The third kappa shape index (κ3) is 5.34. The maximum atomic E-state index is 4.63. The lowest BCUT2D eigenvalue weighted by Gasteiger charge is -2.13. The summed E-state index contributed by atoms with van der Waals surface area (Å²) < 4.78 is 2.01. The van der Waals surface area contributed by atoms with Crippen molar-refractivity contribution in [3.8, 4) is 0 Å². The molecule has 2 rings (SSSR count). The van der Waals surface area contributed by atoms with Gasteiger partial charge in [0.15, 0.2) is 5.96 Å². The fourth-order valence-corrected chi connectivity index (χ4v) is 3.13. The Balaban J connectivity index is 1.82. The van der Waals surface area contributed by atoms with E-state index >= 15 is 0 Å². The molecule has 0 spiro atoms. The SMILES string of the molecule is CCc1nn(C)c(CC)c1CNC(=NC)NCCCc1ccccc1. The predicted octanol–water partition coefficient (Wildman–Crippen LogP) is 2.84.